The zero-order valence-electron chi connectivity index (χ0n) is 13.2. The van der Waals surface area contributed by atoms with Crippen LogP contribution in [0.5, 0.6) is 5.88 Å². The number of aromatic nitrogens is 1. The van der Waals surface area contributed by atoms with Crippen LogP contribution in [0.3, 0.4) is 0 Å². The van der Waals surface area contributed by atoms with E-state index >= 15 is 0 Å². The van der Waals surface area contributed by atoms with E-state index in [4.69, 9.17) is 4.74 Å². The molecule has 0 unspecified atom stereocenters. The molecular formula is C16H26N4O. The molecule has 1 aromatic heterocycles. The molecule has 1 fully saturated rings. The average Bonchev–Trinajstić information content (AvgIpc) is 2.96. The molecule has 0 spiro atoms. The van der Waals surface area contributed by atoms with Crippen LogP contribution in [0.1, 0.15) is 45.1 Å². The highest BCUT2D eigenvalue weighted by atomic mass is 16.5. The number of rotatable bonds is 5. The molecule has 116 valence electrons. The smallest absolute Gasteiger partial charge is 0.213 e. The normalized spacial score (nSPS) is 16.3. The molecule has 0 atom stereocenters. The van der Waals surface area contributed by atoms with E-state index in [1.807, 2.05) is 12.1 Å². The zero-order chi connectivity index (χ0) is 15.1. The summed E-state index contributed by atoms with van der Waals surface area (Å²) in [6.07, 6.45) is 6.98. The minimum Gasteiger partial charge on any atom is -0.474 e. The lowest BCUT2D eigenvalue weighted by Gasteiger charge is -2.15. The summed E-state index contributed by atoms with van der Waals surface area (Å²) in [5.41, 5.74) is 1.14. The summed E-state index contributed by atoms with van der Waals surface area (Å²) in [5, 5.41) is 6.56. The van der Waals surface area contributed by atoms with E-state index in [0.717, 1.165) is 30.2 Å². The molecule has 1 aliphatic carbocycles. The third-order valence-electron chi connectivity index (χ3n) is 3.50. The van der Waals surface area contributed by atoms with Gasteiger partial charge in [0, 0.05) is 31.9 Å². The van der Waals surface area contributed by atoms with Crippen LogP contribution in [0.15, 0.2) is 23.3 Å². The molecule has 2 N–H and O–H groups in total. The van der Waals surface area contributed by atoms with Crippen molar-refractivity contribution in [2.45, 2.75) is 58.2 Å². The van der Waals surface area contributed by atoms with E-state index < -0.39 is 0 Å². The van der Waals surface area contributed by atoms with Crippen LogP contribution in [0, 0.1) is 0 Å². The molecular weight excluding hydrogens is 264 g/mol. The number of nitrogens with zero attached hydrogens (tertiary/aromatic N) is 2. The summed E-state index contributed by atoms with van der Waals surface area (Å²) >= 11 is 0. The van der Waals surface area contributed by atoms with Crippen molar-refractivity contribution >= 4 is 5.96 Å². The third-order valence-corrected chi connectivity index (χ3v) is 3.50. The maximum absolute atomic E-state index is 5.93. The fourth-order valence-electron chi connectivity index (χ4n) is 2.46. The number of hydrogen-bond donors (Lipinski definition) is 2. The predicted molar refractivity (Wildman–Crippen MR) is 85.6 cm³/mol. The molecule has 21 heavy (non-hydrogen) atoms. The number of hydrogen-bond acceptors (Lipinski definition) is 3. The van der Waals surface area contributed by atoms with Crippen molar-refractivity contribution in [3.8, 4) is 5.88 Å². The summed E-state index contributed by atoms with van der Waals surface area (Å²) in [4.78, 5) is 8.50. The van der Waals surface area contributed by atoms with Crippen LogP contribution in [-0.2, 0) is 6.54 Å². The van der Waals surface area contributed by atoms with Gasteiger partial charge in [-0.05, 0) is 51.2 Å². The summed E-state index contributed by atoms with van der Waals surface area (Å²) in [6.45, 7) is 4.88. The van der Waals surface area contributed by atoms with E-state index in [1.165, 1.54) is 12.8 Å². The largest absolute Gasteiger partial charge is 0.474 e. The highest BCUT2D eigenvalue weighted by Gasteiger charge is 2.17. The molecule has 1 aromatic rings. The van der Waals surface area contributed by atoms with E-state index in [2.05, 4.69) is 34.5 Å². The predicted octanol–water partition coefficient (Wildman–Crippen LogP) is 2.48. The van der Waals surface area contributed by atoms with E-state index in [9.17, 15) is 0 Å². The second-order valence-corrected chi connectivity index (χ2v) is 5.75. The Hall–Kier alpha value is -1.78. The maximum Gasteiger partial charge on any atom is 0.213 e. The second-order valence-electron chi connectivity index (χ2n) is 5.75. The topological polar surface area (TPSA) is 58.5 Å². The van der Waals surface area contributed by atoms with Gasteiger partial charge in [0.15, 0.2) is 5.96 Å². The van der Waals surface area contributed by atoms with Gasteiger partial charge < -0.3 is 15.4 Å². The summed E-state index contributed by atoms with van der Waals surface area (Å²) in [6, 6.07) is 4.36. The summed E-state index contributed by atoms with van der Waals surface area (Å²) < 4.78 is 5.93. The van der Waals surface area contributed by atoms with Gasteiger partial charge in [-0.15, -0.1) is 0 Å². The highest BCUT2D eigenvalue weighted by molar-refractivity contribution is 5.79. The van der Waals surface area contributed by atoms with Gasteiger partial charge in [-0.2, -0.15) is 0 Å². The SMILES string of the molecule is CN=C(NCc1ccnc(OC2CCCC2)c1)NC(C)C. The van der Waals surface area contributed by atoms with E-state index in [0.29, 0.717) is 18.7 Å². The van der Waals surface area contributed by atoms with Crippen molar-refractivity contribution in [2.24, 2.45) is 4.99 Å². The van der Waals surface area contributed by atoms with Crippen molar-refractivity contribution in [2.75, 3.05) is 7.05 Å². The first-order valence-corrected chi connectivity index (χ1v) is 7.76. The van der Waals surface area contributed by atoms with Crippen molar-refractivity contribution in [1.82, 2.24) is 15.6 Å². The van der Waals surface area contributed by atoms with Gasteiger partial charge in [-0.25, -0.2) is 4.98 Å². The van der Waals surface area contributed by atoms with Crippen molar-refractivity contribution in [3.05, 3.63) is 23.9 Å². The Morgan fingerprint density at radius 3 is 2.86 bits per heavy atom. The first-order chi connectivity index (χ1) is 10.2. The van der Waals surface area contributed by atoms with Crippen molar-refractivity contribution in [1.29, 1.82) is 0 Å². The van der Waals surface area contributed by atoms with Gasteiger partial charge in [0.25, 0.3) is 0 Å². The van der Waals surface area contributed by atoms with Crippen LogP contribution < -0.4 is 15.4 Å². The van der Waals surface area contributed by atoms with Gasteiger partial charge in [0.1, 0.15) is 6.10 Å². The monoisotopic (exact) mass is 290 g/mol. The van der Waals surface area contributed by atoms with Crippen LogP contribution >= 0.6 is 0 Å². The number of pyridine rings is 1. The first-order valence-electron chi connectivity index (χ1n) is 7.76. The number of guanidine groups is 1. The molecule has 5 nitrogen and oxygen atoms in total. The van der Waals surface area contributed by atoms with Crippen LogP contribution in [0.25, 0.3) is 0 Å². The minimum atomic E-state index is 0.344. The van der Waals surface area contributed by atoms with Crippen LogP contribution in [0.2, 0.25) is 0 Å². The van der Waals surface area contributed by atoms with Gasteiger partial charge in [-0.1, -0.05) is 0 Å². The Labute approximate surface area is 127 Å². The molecule has 1 saturated carbocycles. The lowest BCUT2D eigenvalue weighted by molar-refractivity contribution is 0.201. The second kappa shape index (κ2) is 7.86. The van der Waals surface area contributed by atoms with Gasteiger partial charge >= 0.3 is 0 Å². The first kappa shape index (κ1) is 15.6. The van der Waals surface area contributed by atoms with Gasteiger partial charge in [-0.3, -0.25) is 4.99 Å². The lowest BCUT2D eigenvalue weighted by Crippen LogP contribution is -2.40. The number of ether oxygens (including phenoxy) is 1. The molecule has 0 aliphatic heterocycles. The Kier molecular flexibility index (Phi) is 5.84. The molecule has 1 heterocycles. The molecule has 0 radical (unpaired) electrons. The number of nitrogens with one attached hydrogen (secondary N) is 2. The highest BCUT2D eigenvalue weighted by Crippen LogP contribution is 2.23. The fourth-order valence-corrected chi connectivity index (χ4v) is 2.46. The Morgan fingerprint density at radius 2 is 2.19 bits per heavy atom. The molecule has 1 aliphatic rings. The molecule has 5 heteroatoms. The fraction of sp³-hybridized carbons (Fsp3) is 0.625. The van der Waals surface area contributed by atoms with Crippen LogP contribution in [0.4, 0.5) is 0 Å². The Morgan fingerprint density at radius 1 is 1.43 bits per heavy atom. The third kappa shape index (κ3) is 5.25. The van der Waals surface area contributed by atoms with E-state index in [-0.39, 0.29) is 0 Å². The van der Waals surface area contributed by atoms with Crippen LogP contribution in [-0.4, -0.2) is 30.1 Å². The van der Waals surface area contributed by atoms with Crippen molar-refractivity contribution < 1.29 is 4.74 Å². The molecule has 0 amide bonds. The quantitative estimate of drug-likeness (QED) is 0.646. The molecule has 0 saturated heterocycles. The Bertz CT molecular complexity index is 467. The summed E-state index contributed by atoms with van der Waals surface area (Å²) in [5.74, 6) is 1.54. The number of aliphatic imine (C=N–C) groups is 1. The molecule has 0 bridgehead atoms. The minimum absolute atomic E-state index is 0.344. The standard InChI is InChI=1S/C16H26N4O/c1-12(2)20-16(17-3)19-11-13-8-9-18-15(10-13)21-14-6-4-5-7-14/h8-10,12,14H,4-7,11H2,1-3H3,(H2,17,19,20). The summed E-state index contributed by atoms with van der Waals surface area (Å²) in [7, 11) is 1.78. The lowest BCUT2D eigenvalue weighted by atomic mass is 10.2. The molecule has 0 aromatic carbocycles. The molecule has 2 rings (SSSR count). The van der Waals surface area contributed by atoms with Gasteiger partial charge in [0.05, 0.1) is 0 Å². The van der Waals surface area contributed by atoms with Crippen molar-refractivity contribution in [3.63, 3.8) is 0 Å². The Balaban J connectivity index is 1.88. The van der Waals surface area contributed by atoms with Gasteiger partial charge in [0.2, 0.25) is 5.88 Å². The average molecular weight is 290 g/mol. The van der Waals surface area contributed by atoms with E-state index in [1.54, 1.807) is 13.2 Å². The zero-order valence-corrected chi connectivity index (χ0v) is 13.2. The maximum atomic E-state index is 5.93.